The monoisotopic (exact) mass is 265 g/mol. The SMILES string of the molecule is Cc1ccncc1C(O)C1C2CCc3ccccc3C21. The Morgan fingerprint density at radius 2 is 2.10 bits per heavy atom. The quantitative estimate of drug-likeness (QED) is 0.902. The van der Waals surface area contributed by atoms with E-state index in [1.165, 1.54) is 17.5 Å². The molecule has 1 aromatic heterocycles. The van der Waals surface area contributed by atoms with Crippen molar-refractivity contribution in [3.63, 3.8) is 0 Å². The average molecular weight is 265 g/mol. The van der Waals surface area contributed by atoms with Crippen molar-refractivity contribution < 1.29 is 5.11 Å². The number of hydrogen-bond acceptors (Lipinski definition) is 2. The summed E-state index contributed by atoms with van der Waals surface area (Å²) in [5.74, 6) is 1.58. The molecule has 1 saturated carbocycles. The number of aliphatic hydroxyl groups excluding tert-OH is 1. The maximum absolute atomic E-state index is 10.8. The topological polar surface area (TPSA) is 33.1 Å². The predicted molar refractivity (Wildman–Crippen MR) is 78.4 cm³/mol. The van der Waals surface area contributed by atoms with E-state index in [2.05, 4.69) is 36.2 Å². The van der Waals surface area contributed by atoms with Crippen molar-refractivity contribution in [2.45, 2.75) is 31.8 Å². The highest BCUT2D eigenvalue weighted by atomic mass is 16.3. The highest BCUT2D eigenvalue weighted by molar-refractivity contribution is 5.41. The van der Waals surface area contributed by atoms with Crippen LogP contribution in [0.1, 0.15) is 40.7 Å². The number of fused-ring (bicyclic) bond motifs is 3. The zero-order valence-electron chi connectivity index (χ0n) is 11.7. The number of aromatic nitrogens is 1. The molecule has 0 radical (unpaired) electrons. The first-order chi connectivity index (χ1) is 9.77. The largest absolute Gasteiger partial charge is 0.388 e. The molecule has 20 heavy (non-hydrogen) atoms. The minimum atomic E-state index is -0.371. The van der Waals surface area contributed by atoms with Crippen molar-refractivity contribution in [1.82, 2.24) is 4.98 Å². The lowest BCUT2D eigenvalue weighted by Gasteiger charge is -2.14. The Labute approximate surface area is 119 Å². The fourth-order valence-corrected chi connectivity index (χ4v) is 4.04. The summed E-state index contributed by atoms with van der Waals surface area (Å²) in [7, 11) is 0. The highest BCUT2D eigenvalue weighted by Crippen LogP contribution is 2.64. The molecule has 2 heteroatoms. The summed E-state index contributed by atoms with van der Waals surface area (Å²) in [6.07, 6.45) is 5.62. The fourth-order valence-electron chi connectivity index (χ4n) is 4.04. The fraction of sp³-hybridized carbons (Fsp3) is 0.389. The van der Waals surface area contributed by atoms with E-state index in [1.807, 2.05) is 12.3 Å². The molecule has 0 spiro atoms. The van der Waals surface area contributed by atoms with Crippen LogP contribution >= 0.6 is 0 Å². The summed E-state index contributed by atoms with van der Waals surface area (Å²) in [5.41, 5.74) is 5.09. The number of aryl methyl sites for hydroxylation is 2. The van der Waals surface area contributed by atoms with Crippen molar-refractivity contribution in [3.05, 3.63) is 65.0 Å². The van der Waals surface area contributed by atoms with Gasteiger partial charge in [-0.05, 0) is 60.3 Å². The first-order valence-corrected chi connectivity index (χ1v) is 7.44. The summed E-state index contributed by atoms with van der Waals surface area (Å²) in [6.45, 7) is 2.06. The van der Waals surface area contributed by atoms with Crippen molar-refractivity contribution in [2.24, 2.45) is 11.8 Å². The van der Waals surface area contributed by atoms with Gasteiger partial charge >= 0.3 is 0 Å². The van der Waals surface area contributed by atoms with Crippen molar-refractivity contribution >= 4 is 0 Å². The van der Waals surface area contributed by atoms with E-state index in [9.17, 15) is 5.11 Å². The van der Waals surface area contributed by atoms with Crippen LogP contribution in [0.3, 0.4) is 0 Å². The van der Waals surface area contributed by atoms with Crippen LogP contribution in [0.5, 0.6) is 0 Å². The maximum Gasteiger partial charge on any atom is 0.0844 e. The van der Waals surface area contributed by atoms with Gasteiger partial charge in [0, 0.05) is 18.0 Å². The minimum Gasteiger partial charge on any atom is -0.388 e. The third kappa shape index (κ3) is 1.71. The van der Waals surface area contributed by atoms with Gasteiger partial charge in [-0.3, -0.25) is 4.98 Å². The van der Waals surface area contributed by atoms with Crippen LogP contribution in [0.15, 0.2) is 42.7 Å². The van der Waals surface area contributed by atoms with E-state index in [0.717, 1.165) is 17.5 Å². The van der Waals surface area contributed by atoms with Gasteiger partial charge in [-0.15, -0.1) is 0 Å². The lowest BCUT2D eigenvalue weighted by molar-refractivity contribution is 0.144. The molecular weight excluding hydrogens is 246 g/mol. The van der Waals surface area contributed by atoms with E-state index in [1.54, 1.807) is 6.20 Å². The second-order valence-corrected chi connectivity index (χ2v) is 6.18. The van der Waals surface area contributed by atoms with Gasteiger partial charge in [0.25, 0.3) is 0 Å². The van der Waals surface area contributed by atoms with Gasteiger partial charge in [0.05, 0.1) is 6.10 Å². The molecule has 0 saturated heterocycles. The molecule has 4 rings (SSSR count). The van der Waals surface area contributed by atoms with Gasteiger partial charge in [0.1, 0.15) is 0 Å². The molecule has 2 aliphatic carbocycles. The molecule has 0 bridgehead atoms. The number of nitrogens with zero attached hydrogens (tertiary/aromatic N) is 1. The van der Waals surface area contributed by atoms with E-state index in [0.29, 0.717) is 17.8 Å². The normalized spacial score (nSPS) is 28.4. The van der Waals surface area contributed by atoms with Gasteiger partial charge in [-0.1, -0.05) is 24.3 Å². The zero-order chi connectivity index (χ0) is 13.7. The molecule has 1 aromatic carbocycles. The molecule has 4 atom stereocenters. The first-order valence-electron chi connectivity index (χ1n) is 7.44. The molecule has 1 heterocycles. The predicted octanol–water partition coefficient (Wildman–Crippen LogP) is 3.40. The minimum absolute atomic E-state index is 0.371. The summed E-state index contributed by atoms with van der Waals surface area (Å²) in [6, 6.07) is 10.7. The summed E-state index contributed by atoms with van der Waals surface area (Å²) in [5, 5.41) is 10.8. The van der Waals surface area contributed by atoms with Crippen LogP contribution in [-0.4, -0.2) is 10.1 Å². The summed E-state index contributed by atoms with van der Waals surface area (Å²) < 4.78 is 0. The average Bonchev–Trinajstić information content (AvgIpc) is 3.22. The van der Waals surface area contributed by atoms with E-state index in [4.69, 9.17) is 0 Å². The maximum atomic E-state index is 10.8. The summed E-state index contributed by atoms with van der Waals surface area (Å²) in [4.78, 5) is 4.18. The molecule has 2 aromatic rings. The molecule has 2 aliphatic rings. The standard InChI is InChI=1S/C18H19NO/c1-11-8-9-19-10-15(11)18(20)17-14-7-6-12-4-2-3-5-13(12)16(14)17/h2-5,8-10,14,16-18,20H,6-7H2,1H3. The number of aliphatic hydroxyl groups is 1. The Hall–Kier alpha value is -1.67. The smallest absolute Gasteiger partial charge is 0.0844 e. The number of benzene rings is 1. The van der Waals surface area contributed by atoms with E-state index in [-0.39, 0.29) is 6.10 Å². The van der Waals surface area contributed by atoms with Crippen molar-refractivity contribution in [1.29, 1.82) is 0 Å². The van der Waals surface area contributed by atoms with Crippen LogP contribution in [0.25, 0.3) is 0 Å². The molecule has 0 aliphatic heterocycles. The molecule has 1 fully saturated rings. The van der Waals surface area contributed by atoms with Crippen LogP contribution < -0.4 is 0 Å². The second-order valence-electron chi connectivity index (χ2n) is 6.18. The van der Waals surface area contributed by atoms with E-state index >= 15 is 0 Å². The lowest BCUT2D eigenvalue weighted by atomic mass is 9.92. The molecule has 2 nitrogen and oxygen atoms in total. The van der Waals surface area contributed by atoms with Crippen LogP contribution in [-0.2, 0) is 6.42 Å². The number of hydrogen-bond donors (Lipinski definition) is 1. The highest BCUT2D eigenvalue weighted by Gasteiger charge is 2.56. The van der Waals surface area contributed by atoms with E-state index < -0.39 is 0 Å². The van der Waals surface area contributed by atoms with Gasteiger partial charge in [-0.2, -0.15) is 0 Å². The number of pyridine rings is 1. The Bertz CT molecular complexity index is 651. The number of rotatable bonds is 2. The second kappa shape index (κ2) is 4.42. The Morgan fingerprint density at radius 3 is 2.95 bits per heavy atom. The Kier molecular flexibility index (Phi) is 2.67. The van der Waals surface area contributed by atoms with Gasteiger partial charge < -0.3 is 5.11 Å². The van der Waals surface area contributed by atoms with Crippen LogP contribution in [0.4, 0.5) is 0 Å². The molecule has 4 unspecified atom stereocenters. The van der Waals surface area contributed by atoms with Gasteiger partial charge in [0.15, 0.2) is 0 Å². The van der Waals surface area contributed by atoms with Crippen molar-refractivity contribution in [2.75, 3.05) is 0 Å². The van der Waals surface area contributed by atoms with Crippen LogP contribution in [0.2, 0.25) is 0 Å². The summed E-state index contributed by atoms with van der Waals surface area (Å²) >= 11 is 0. The lowest BCUT2D eigenvalue weighted by Crippen LogP contribution is -2.04. The first kappa shape index (κ1) is 12.1. The molecular formula is C18H19NO. The molecule has 1 N–H and O–H groups in total. The Balaban J connectivity index is 1.66. The van der Waals surface area contributed by atoms with Gasteiger partial charge in [-0.25, -0.2) is 0 Å². The third-order valence-corrected chi connectivity index (χ3v) is 5.15. The van der Waals surface area contributed by atoms with Crippen LogP contribution in [0, 0.1) is 18.8 Å². The zero-order valence-corrected chi connectivity index (χ0v) is 11.7. The molecule has 102 valence electrons. The molecule has 0 amide bonds. The van der Waals surface area contributed by atoms with Gasteiger partial charge in [0.2, 0.25) is 0 Å². The Morgan fingerprint density at radius 1 is 1.25 bits per heavy atom. The van der Waals surface area contributed by atoms with Crippen molar-refractivity contribution in [3.8, 4) is 0 Å². The third-order valence-electron chi connectivity index (χ3n) is 5.15.